The Morgan fingerprint density at radius 1 is 1.05 bits per heavy atom. The van der Waals surface area contributed by atoms with Crippen molar-refractivity contribution in [2.75, 3.05) is 19.8 Å². The van der Waals surface area contributed by atoms with Crippen molar-refractivity contribution in [1.29, 1.82) is 0 Å². The third kappa shape index (κ3) is 2.32. The van der Waals surface area contributed by atoms with Gasteiger partial charge in [-0.15, -0.1) is 0 Å². The molecule has 2 amide bonds. The molecule has 0 aromatic heterocycles. The van der Waals surface area contributed by atoms with Crippen LogP contribution in [-0.2, 0) is 9.59 Å². The number of imide groups is 1. The maximum atomic E-state index is 12.3. The predicted octanol–water partition coefficient (Wildman–Crippen LogP) is 0.352. The highest BCUT2D eigenvalue weighted by Gasteiger charge is 2.47. The van der Waals surface area contributed by atoms with Gasteiger partial charge in [-0.25, -0.2) is 0 Å². The Kier molecular flexibility index (Phi) is 3.41. The number of rotatable bonds is 2. The second kappa shape index (κ2) is 5.06. The van der Waals surface area contributed by atoms with E-state index in [1.54, 1.807) is 0 Å². The minimum Gasteiger partial charge on any atom is -0.393 e. The summed E-state index contributed by atoms with van der Waals surface area (Å²) < 4.78 is 0. The maximum Gasteiger partial charge on any atom is 0.234 e. The molecule has 0 radical (unpaired) electrons. The van der Waals surface area contributed by atoms with E-state index >= 15 is 0 Å². The summed E-state index contributed by atoms with van der Waals surface area (Å²) in [6, 6.07) is 0. The molecular weight excluding hydrogens is 244 g/mol. The molecule has 1 aliphatic carbocycles. The van der Waals surface area contributed by atoms with Crippen LogP contribution >= 0.6 is 0 Å². The van der Waals surface area contributed by atoms with Crippen molar-refractivity contribution in [2.24, 2.45) is 11.8 Å². The van der Waals surface area contributed by atoms with Gasteiger partial charge in [-0.3, -0.25) is 19.4 Å². The van der Waals surface area contributed by atoms with Gasteiger partial charge in [0, 0.05) is 13.1 Å². The summed E-state index contributed by atoms with van der Waals surface area (Å²) in [4.78, 5) is 28.1. The third-order valence-electron chi connectivity index (χ3n) is 4.50. The van der Waals surface area contributed by atoms with E-state index in [9.17, 15) is 14.7 Å². The smallest absolute Gasteiger partial charge is 0.234 e. The minimum absolute atomic E-state index is 0.00882. The lowest BCUT2D eigenvalue weighted by molar-refractivity contribution is -0.142. The van der Waals surface area contributed by atoms with E-state index in [0.717, 1.165) is 25.9 Å². The Labute approximate surface area is 112 Å². The second-order valence-corrected chi connectivity index (χ2v) is 5.75. The van der Waals surface area contributed by atoms with Crippen LogP contribution in [-0.4, -0.2) is 52.6 Å². The van der Waals surface area contributed by atoms with Crippen LogP contribution in [0.5, 0.6) is 0 Å². The molecule has 104 valence electrons. The number of hydrogen-bond donors (Lipinski definition) is 1. The molecule has 0 saturated carbocycles. The van der Waals surface area contributed by atoms with Crippen molar-refractivity contribution in [3.8, 4) is 0 Å². The van der Waals surface area contributed by atoms with Gasteiger partial charge in [-0.1, -0.05) is 12.2 Å². The van der Waals surface area contributed by atoms with Gasteiger partial charge in [0.1, 0.15) is 0 Å². The number of amides is 2. The molecule has 2 aliphatic heterocycles. The topological polar surface area (TPSA) is 60.9 Å². The summed E-state index contributed by atoms with van der Waals surface area (Å²) in [7, 11) is 0. The van der Waals surface area contributed by atoms with Crippen LogP contribution in [0.2, 0.25) is 0 Å². The van der Waals surface area contributed by atoms with Crippen molar-refractivity contribution in [3.05, 3.63) is 12.2 Å². The van der Waals surface area contributed by atoms with Gasteiger partial charge >= 0.3 is 0 Å². The van der Waals surface area contributed by atoms with Crippen LogP contribution in [0.15, 0.2) is 12.2 Å². The second-order valence-electron chi connectivity index (χ2n) is 5.75. The number of likely N-dealkylation sites (tertiary alicyclic amines) is 2. The zero-order chi connectivity index (χ0) is 13.4. The van der Waals surface area contributed by atoms with Gasteiger partial charge in [0.2, 0.25) is 11.8 Å². The average molecular weight is 264 g/mol. The van der Waals surface area contributed by atoms with Crippen molar-refractivity contribution in [3.63, 3.8) is 0 Å². The zero-order valence-electron chi connectivity index (χ0n) is 11.0. The molecule has 3 rings (SSSR count). The molecule has 2 heterocycles. The Morgan fingerprint density at radius 2 is 1.58 bits per heavy atom. The quantitative estimate of drug-likeness (QED) is 0.577. The van der Waals surface area contributed by atoms with Crippen LogP contribution in [0.1, 0.15) is 25.7 Å². The summed E-state index contributed by atoms with van der Waals surface area (Å²) in [5.74, 6) is -0.281. The zero-order valence-corrected chi connectivity index (χ0v) is 11.0. The predicted molar refractivity (Wildman–Crippen MR) is 68.9 cm³/mol. The first-order valence-corrected chi connectivity index (χ1v) is 7.07. The number of aliphatic hydroxyl groups excluding tert-OH is 1. The van der Waals surface area contributed by atoms with Crippen LogP contribution in [0.25, 0.3) is 0 Å². The van der Waals surface area contributed by atoms with Crippen molar-refractivity contribution in [1.82, 2.24) is 9.80 Å². The summed E-state index contributed by atoms with van der Waals surface area (Å²) in [5, 5.41) is 9.48. The normalized spacial score (nSPS) is 33.0. The SMILES string of the molecule is O=C1[C@H]2CC=CC[C@@H]2C(=O)N1CN1CCC(O)CC1. The first-order chi connectivity index (χ1) is 9.16. The van der Waals surface area contributed by atoms with Crippen LogP contribution in [0.3, 0.4) is 0 Å². The fourth-order valence-corrected chi connectivity index (χ4v) is 3.27. The highest BCUT2D eigenvalue weighted by Crippen LogP contribution is 2.35. The van der Waals surface area contributed by atoms with Crippen molar-refractivity contribution in [2.45, 2.75) is 31.8 Å². The average Bonchev–Trinajstić information content (AvgIpc) is 2.67. The van der Waals surface area contributed by atoms with E-state index in [0.29, 0.717) is 19.5 Å². The highest BCUT2D eigenvalue weighted by molar-refractivity contribution is 6.05. The molecule has 1 N–H and O–H groups in total. The number of hydrogen-bond acceptors (Lipinski definition) is 4. The van der Waals surface area contributed by atoms with Crippen LogP contribution < -0.4 is 0 Å². The van der Waals surface area contributed by atoms with E-state index in [4.69, 9.17) is 0 Å². The highest BCUT2D eigenvalue weighted by atomic mass is 16.3. The van der Waals surface area contributed by atoms with E-state index in [1.807, 2.05) is 12.2 Å². The van der Waals surface area contributed by atoms with Crippen molar-refractivity contribution < 1.29 is 14.7 Å². The fraction of sp³-hybridized carbons (Fsp3) is 0.714. The minimum atomic E-state index is -0.229. The summed E-state index contributed by atoms with van der Waals surface area (Å²) in [5.41, 5.74) is 0. The molecule has 3 aliphatic rings. The number of fused-ring (bicyclic) bond motifs is 1. The Bertz CT molecular complexity index is 387. The summed E-state index contributed by atoms with van der Waals surface area (Å²) >= 11 is 0. The van der Waals surface area contributed by atoms with E-state index in [1.165, 1.54) is 4.90 Å². The van der Waals surface area contributed by atoms with Crippen LogP contribution in [0, 0.1) is 11.8 Å². The van der Waals surface area contributed by atoms with Gasteiger partial charge in [-0.2, -0.15) is 0 Å². The number of carbonyl (C=O) groups is 2. The number of nitrogens with zero attached hydrogens (tertiary/aromatic N) is 2. The molecule has 0 aromatic rings. The van der Waals surface area contributed by atoms with Gasteiger partial charge in [0.05, 0.1) is 24.6 Å². The molecule has 0 spiro atoms. The van der Waals surface area contributed by atoms with E-state index < -0.39 is 0 Å². The first-order valence-electron chi connectivity index (χ1n) is 7.07. The maximum absolute atomic E-state index is 12.3. The van der Waals surface area contributed by atoms with Gasteiger partial charge in [0.25, 0.3) is 0 Å². The molecular formula is C14H20N2O3. The number of carbonyl (C=O) groups excluding carboxylic acids is 2. The number of allylic oxidation sites excluding steroid dienone is 2. The van der Waals surface area contributed by atoms with Gasteiger partial charge < -0.3 is 5.11 Å². The summed E-state index contributed by atoms with van der Waals surface area (Å²) in [6.07, 6.45) is 6.64. The number of aliphatic hydroxyl groups is 1. The van der Waals surface area contributed by atoms with E-state index in [-0.39, 0.29) is 29.8 Å². The lowest BCUT2D eigenvalue weighted by atomic mass is 9.85. The Morgan fingerprint density at radius 3 is 2.11 bits per heavy atom. The molecule has 2 saturated heterocycles. The molecule has 0 bridgehead atoms. The van der Waals surface area contributed by atoms with E-state index in [2.05, 4.69) is 4.90 Å². The summed E-state index contributed by atoms with van der Waals surface area (Å²) in [6.45, 7) is 1.91. The molecule has 0 unspecified atom stereocenters. The lowest BCUT2D eigenvalue weighted by Crippen LogP contribution is -2.45. The van der Waals surface area contributed by atoms with Gasteiger partial charge in [0.15, 0.2) is 0 Å². The molecule has 2 atom stereocenters. The number of piperidine rings is 1. The fourth-order valence-electron chi connectivity index (χ4n) is 3.27. The molecule has 0 aromatic carbocycles. The Balaban J connectivity index is 1.65. The third-order valence-corrected chi connectivity index (χ3v) is 4.50. The lowest BCUT2D eigenvalue weighted by Gasteiger charge is -2.32. The van der Waals surface area contributed by atoms with Crippen molar-refractivity contribution >= 4 is 11.8 Å². The molecule has 5 heteroatoms. The molecule has 19 heavy (non-hydrogen) atoms. The first kappa shape index (κ1) is 12.8. The van der Waals surface area contributed by atoms with Gasteiger partial charge in [-0.05, 0) is 25.7 Å². The van der Waals surface area contributed by atoms with Crippen LogP contribution in [0.4, 0.5) is 0 Å². The largest absolute Gasteiger partial charge is 0.393 e. The standard InChI is InChI=1S/C14H20N2O3/c17-10-5-7-15(8-6-10)9-16-13(18)11-3-1-2-4-12(11)14(16)19/h1-2,10-12,17H,3-9H2/t11-,12-/m0/s1. The molecule has 2 fully saturated rings. The monoisotopic (exact) mass is 264 g/mol. The Hall–Kier alpha value is -1.20. The molecule has 5 nitrogen and oxygen atoms in total.